The number of benzene rings is 1. The number of hydrogen-bond donors (Lipinski definition) is 1. The third-order valence-electron chi connectivity index (χ3n) is 3.86. The molecule has 9 heteroatoms. The summed E-state index contributed by atoms with van der Waals surface area (Å²) in [5.41, 5.74) is -8.69. The van der Waals surface area contributed by atoms with Crippen molar-refractivity contribution in [1.29, 1.82) is 0 Å². The second kappa shape index (κ2) is 7.01. The maximum Gasteiger partial charge on any atom is 0.431 e. The topological polar surface area (TPSA) is 29.5 Å². The highest BCUT2D eigenvalue weighted by Crippen LogP contribution is 2.52. The summed E-state index contributed by atoms with van der Waals surface area (Å²) in [4.78, 5) is 0. The zero-order valence-electron chi connectivity index (χ0n) is 13.8. The molecular formula is C16H19F7O2. The van der Waals surface area contributed by atoms with E-state index >= 15 is 0 Å². The van der Waals surface area contributed by atoms with Gasteiger partial charge in [-0.25, -0.2) is 4.39 Å². The van der Waals surface area contributed by atoms with Crippen molar-refractivity contribution in [1.82, 2.24) is 0 Å². The largest absolute Gasteiger partial charge is 0.490 e. The molecule has 2 unspecified atom stereocenters. The Bertz CT molecular complexity index is 565. The first-order chi connectivity index (χ1) is 11.2. The fourth-order valence-electron chi connectivity index (χ4n) is 2.25. The summed E-state index contributed by atoms with van der Waals surface area (Å²) >= 11 is 0. The first-order valence-corrected chi connectivity index (χ1v) is 7.46. The van der Waals surface area contributed by atoms with Crippen LogP contribution in [-0.4, -0.2) is 29.2 Å². The van der Waals surface area contributed by atoms with Crippen LogP contribution in [0.5, 0.6) is 5.75 Å². The van der Waals surface area contributed by atoms with Crippen LogP contribution in [0.15, 0.2) is 24.3 Å². The normalized spacial score (nSPS) is 17.1. The minimum atomic E-state index is -6.23. The van der Waals surface area contributed by atoms with Crippen molar-refractivity contribution in [2.24, 2.45) is 0 Å². The number of hydrogen-bond acceptors (Lipinski definition) is 2. The van der Waals surface area contributed by atoms with Gasteiger partial charge in [-0.05, 0) is 26.3 Å². The third kappa shape index (κ3) is 4.56. The van der Waals surface area contributed by atoms with E-state index in [0.717, 1.165) is 6.07 Å². The lowest BCUT2D eigenvalue weighted by atomic mass is 9.83. The van der Waals surface area contributed by atoms with E-state index in [2.05, 4.69) is 0 Å². The molecule has 144 valence electrons. The van der Waals surface area contributed by atoms with E-state index in [1.165, 1.54) is 18.2 Å². The van der Waals surface area contributed by atoms with Gasteiger partial charge in [0.2, 0.25) is 0 Å². The van der Waals surface area contributed by atoms with Crippen molar-refractivity contribution < 1.29 is 40.6 Å². The van der Waals surface area contributed by atoms with E-state index < -0.39 is 36.1 Å². The molecule has 0 heterocycles. The van der Waals surface area contributed by atoms with Gasteiger partial charge in [0.1, 0.15) is 5.75 Å². The van der Waals surface area contributed by atoms with E-state index in [0.29, 0.717) is 13.3 Å². The zero-order valence-corrected chi connectivity index (χ0v) is 13.8. The van der Waals surface area contributed by atoms with Crippen molar-refractivity contribution in [2.45, 2.75) is 63.3 Å². The van der Waals surface area contributed by atoms with Crippen LogP contribution >= 0.6 is 0 Å². The SMILES string of the molecule is CCC(C)Oc1ccccc1C(C)(O)CC(F)(C(F)(F)F)C(F)(F)F. The molecule has 0 aliphatic heterocycles. The Morgan fingerprint density at radius 1 is 1.00 bits per heavy atom. The predicted octanol–water partition coefficient (Wildman–Crippen LogP) is 5.29. The van der Waals surface area contributed by atoms with Crippen molar-refractivity contribution >= 4 is 0 Å². The molecule has 1 N–H and O–H groups in total. The second-order valence-corrected chi connectivity index (χ2v) is 6.08. The van der Waals surface area contributed by atoms with Crippen LogP contribution < -0.4 is 4.74 Å². The lowest BCUT2D eigenvalue weighted by Gasteiger charge is -2.36. The second-order valence-electron chi connectivity index (χ2n) is 6.08. The van der Waals surface area contributed by atoms with E-state index in [9.17, 15) is 35.8 Å². The summed E-state index contributed by atoms with van der Waals surface area (Å²) < 4.78 is 96.1. The molecule has 0 aliphatic carbocycles. The molecule has 0 aliphatic rings. The molecule has 2 atom stereocenters. The number of rotatable bonds is 6. The Hall–Kier alpha value is -1.51. The van der Waals surface area contributed by atoms with Crippen LogP contribution in [0.4, 0.5) is 30.7 Å². The molecule has 1 aromatic rings. The quantitative estimate of drug-likeness (QED) is 0.684. The molecule has 0 saturated heterocycles. The Labute approximate surface area is 140 Å². The molecule has 0 bridgehead atoms. The molecule has 0 aromatic heterocycles. The highest BCUT2D eigenvalue weighted by Gasteiger charge is 2.73. The smallest absolute Gasteiger partial charge is 0.431 e. The predicted molar refractivity (Wildman–Crippen MR) is 77.0 cm³/mol. The van der Waals surface area contributed by atoms with Crippen molar-refractivity contribution in [3.8, 4) is 5.75 Å². The average Bonchev–Trinajstić information content (AvgIpc) is 2.44. The van der Waals surface area contributed by atoms with Crippen LogP contribution in [0.2, 0.25) is 0 Å². The van der Waals surface area contributed by atoms with E-state index in [-0.39, 0.29) is 11.3 Å². The van der Waals surface area contributed by atoms with Gasteiger partial charge in [-0.2, -0.15) is 26.3 Å². The van der Waals surface area contributed by atoms with Gasteiger partial charge in [0, 0.05) is 12.0 Å². The molecule has 0 fully saturated rings. The molecule has 0 amide bonds. The number of aliphatic hydroxyl groups is 1. The monoisotopic (exact) mass is 376 g/mol. The van der Waals surface area contributed by atoms with Crippen LogP contribution in [0.3, 0.4) is 0 Å². The number of alkyl halides is 7. The summed E-state index contributed by atoms with van der Waals surface area (Å²) in [5, 5.41) is 10.3. The van der Waals surface area contributed by atoms with Crippen molar-refractivity contribution in [3.63, 3.8) is 0 Å². The highest BCUT2D eigenvalue weighted by atomic mass is 19.4. The highest BCUT2D eigenvalue weighted by molar-refractivity contribution is 5.38. The van der Waals surface area contributed by atoms with E-state index in [1.807, 2.05) is 0 Å². The van der Waals surface area contributed by atoms with Crippen molar-refractivity contribution in [2.75, 3.05) is 0 Å². The lowest BCUT2D eigenvalue weighted by molar-refractivity contribution is -0.352. The minimum Gasteiger partial charge on any atom is -0.490 e. The van der Waals surface area contributed by atoms with Crippen LogP contribution in [0.1, 0.15) is 39.2 Å². The van der Waals surface area contributed by atoms with Gasteiger partial charge in [-0.1, -0.05) is 25.1 Å². The summed E-state index contributed by atoms with van der Waals surface area (Å²) in [6, 6.07) is 5.13. The maximum atomic E-state index is 14.0. The van der Waals surface area contributed by atoms with Crippen LogP contribution in [0.25, 0.3) is 0 Å². The van der Waals surface area contributed by atoms with E-state index in [1.54, 1.807) is 13.8 Å². The molecule has 0 radical (unpaired) electrons. The standard InChI is InChI=1S/C16H19F7O2/c1-4-10(2)25-12-8-6-5-7-11(12)13(3,24)9-14(17,15(18,19)20)16(21,22)23/h5-8,10,24H,4,9H2,1-3H3. The number of para-hydroxylation sites is 1. The van der Waals surface area contributed by atoms with E-state index in [4.69, 9.17) is 4.74 Å². The first kappa shape index (κ1) is 21.5. The third-order valence-corrected chi connectivity index (χ3v) is 3.86. The fourth-order valence-corrected chi connectivity index (χ4v) is 2.25. The number of halogens is 7. The van der Waals surface area contributed by atoms with Crippen LogP contribution in [0, 0.1) is 0 Å². The fraction of sp³-hybridized carbons (Fsp3) is 0.625. The van der Waals surface area contributed by atoms with Gasteiger partial charge in [-0.15, -0.1) is 0 Å². The van der Waals surface area contributed by atoms with Gasteiger partial charge >= 0.3 is 18.0 Å². The molecule has 2 nitrogen and oxygen atoms in total. The molecule has 0 saturated carbocycles. The Morgan fingerprint density at radius 3 is 1.92 bits per heavy atom. The van der Waals surface area contributed by atoms with Crippen molar-refractivity contribution in [3.05, 3.63) is 29.8 Å². The average molecular weight is 376 g/mol. The molecular weight excluding hydrogens is 357 g/mol. The first-order valence-electron chi connectivity index (χ1n) is 7.46. The summed E-state index contributed by atoms with van der Waals surface area (Å²) in [5.74, 6) is -0.103. The summed E-state index contributed by atoms with van der Waals surface area (Å²) in [6.45, 7) is 4.08. The minimum absolute atomic E-state index is 0.103. The zero-order chi connectivity index (χ0) is 19.7. The molecule has 0 spiro atoms. The van der Waals surface area contributed by atoms with Gasteiger partial charge in [0.05, 0.1) is 11.7 Å². The summed E-state index contributed by atoms with van der Waals surface area (Å²) in [6.07, 6.45) is -14.6. The molecule has 25 heavy (non-hydrogen) atoms. The number of ether oxygens (including phenoxy) is 1. The summed E-state index contributed by atoms with van der Waals surface area (Å²) in [7, 11) is 0. The Morgan fingerprint density at radius 2 is 1.48 bits per heavy atom. The lowest BCUT2D eigenvalue weighted by Crippen LogP contribution is -2.56. The molecule has 1 rings (SSSR count). The van der Waals surface area contributed by atoms with Gasteiger partial charge in [0.15, 0.2) is 0 Å². The van der Waals surface area contributed by atoms with Gasteiger partial charge in [0.25, 0.3) is 0 Å². The van der Waals surface area contributed by atoms with Gasteiger partial charge in [-0.3, -0.25) is 0 Å². The Kier molecular flexibility index (Phi) is 6.04. The maximum absolute atomic E-state index is 14.0. The van der Waals surface area contributed by atoms with Gasteiger partial charge < -0.3 is 9.84 Å². The van der Waals surface area contributed by atoms with Crippen LogP contribution in [-0.2, 0) is 5.60 Å². The Balaban J connectivity index is 3.33. The molecule has 1 aromatic carbocycles.